The van der Waals surface area contributed by atoms with Crippen molar-refractivity contribution >= 4 is 0 Å². The fourth-order valence-electron chi connectivity index (χ4n) is 4.09. The minimum Gasteiger partial charge on any atom is -0.317 e. The summed E-state index contributed by atoms with van der Waals surface area (Å²) in [5.74, 6) is 0.949. The highest BCUT2D eigenvalue weighted by Crippen LogP contribution is 2.46. The summed E-state index contributed by atoms with van der Waals surface area (Å²) in [6.45, 7) is 2.46. The average molecular weight is 243 g/mol. The number of rotatable bonds is 3. The lowest BCUT2D eigenvalue weighted by Crippen LogP contribution is -2.33. The quantitative estimate of drug-likeness (QED) is 0.849. The molecule has 1 saturated heterocycles. The van der Waals surface area contributed by atoms with Crippen molar-refractivity contribution in [2.45, 2.75) is 50.4 Å². The normalized spacial score (nSPS) is 24.2. The lowest BCUT2D eigenvalue weighted by molar-refractivity contribution is 0.266. The zero-order valence-corrected chi connectivity index (χ0v) is 11.3. The fourth-order valence-corrected chi connectivity index (χ4v) is 4.09. The summed E-state index contributed by atoms with van der Waals surface area (Å²) >= 11 is 0. The fraction of sp³-hybridized carbons (Fsp3) is 0.647. The van der Waals surface area contributed by atoms with Crippen LogP contribution in [0.4, 0.5) is 0 Å². The first kappa shape index (κ1) is 12.2. The van der Waals surface area contributed by atoms with Crippen LogP contribution < -0.4 is 5.32 Å². The molecule has 1 aromatic rings. The zero-order chi connectivity index (χ0) is 12.3. The van der Waals surface area contributed by atoms with Crippen LogP contribution in [0.15, 0.2) is 30.3 Å². The molecule has 2 aliphatic rings. The third kappa shape index (κ3) is 2.47. The van der Waals surface area contributed by atoms with Crippen LogP contribution in [-0.4, -0.2) is 13.1 Å². The Balaban J connectivity index is 1.78. The van der Waals surface area contributed by atoms with Crippen molar-refractivity contribution in [3.05, 3.63) is 35.9 Å². The molecule has 0 radical (unpaired) electrons. The van der Waals surface area contributed by atoms with Crippen molar-refractivity contribution in [3.8, 4) is 0 Å². The highest BCUT2D eigenvalue weighted by molar-refractivity contribution is 5.26. The summed E-state index contributed by atoms with van der Waals surface area (Å²) in [6.07, 6.45) is 9.89. The van der Waals surface area contributed by atoms with Crippen LogP contribution in [0, 0.1) is 5.92 Å². The van der Waals surface area contributed by atoms with E-state index in [9.17, 15) is 0 Å². The highest BCUT2D eigenvalue weighted by Gasteiger charge is 2.37. The number of benzene rings is 1. The molecule has 0 aromatic heterocycles. The standard InChI is InChI=1S/C17H25N/c1-2-6-16(7-3-1)17(10-4-5-11-17)14-15-8-12-18-13-9-15/h1-3,6-7,15,18H,4-5,8-14H2. The lowest BCUT2D eigenvalue weighted by Gasteiger charge is -2.35. The van der Waals surface area contributed by atoms with Crippen molar-refractivity contribution in [1.82, 2.24) is 5.32 Å². The maximum Gasteiger partial charge on any atom is -0.00443 e. The molecule has 1 N–H and O–H groups in total. The predicted molar refractivity (Wildman–Crippen MR) is 76.8 cm³/mol. The smallest absolute Gasteiger partial charge is 0.00443 e. The Labute approximate surface area is 111 Å². The van der Waals surface area contributed by atoms with Crippen LogP contribution in [0.2, 0.25) is 0 Å². The molecule has 0 amide bonds. The van der Waals surface area contributed by atoms with Gasteiger partial charge in [0, 0.05) is 0 Å². The Morgan fingerprint density at radius 3 is 2.33 bits per heavy atom. The molecule has 0 bridgehead atoms. The van der Waals surface area contributed by atoms with Gasteiger partial charge >= 0.3 is 0 Å². The molecular formula is C17H25N. The van der Waals surface area contributed by atoms with Gasteiger partial charge in [0.2, 0.25) is 0 Å². The highest BCUT2D eigenvalue weighted by atomic mass is 14.9. The van der Waals surface area contributed by atoms with Crippen molar-refractivity contribution in [3.63, 3.8) is 0 Å². The second-order valence-corrected chi connectivity index (χ2v) is 6.25. The molecule has 0 atom stereocenters. The van der Waals surface area contributed by atoms with E-state index in [0.29, 0.717) is 5.41 Å². The molecule has 18 heavy (non-hydrogen) atoms. The van der Waals surface area contributed by atoms with Gasteiger partial charge in [0.25, 0.3) is 0 Å². The van der Waals surface area contributed by atoms with Crippen molar-refractivity contribution in [2.24, 2.45) is 5.92 Å². The van der Waals surface area contributed by atoms with Gasteiger partial charge in [0.05, 0.1) is 0 Å². The topological polar surface area (TPSA) is 12.0 Å². The molecule has 1 heteroatoms. The van der Waals surface area contributed by atoms with E-state index in [2.05, 4.69) is 35.6 Å². The molecule has 3 rings (SSSR count). The third-order valence-electron chi connectivity index (χ3n) is 5.08. The van der Waals surface area contributed by atoms with Crippen molar-refractivity contribution in [2.75, 3.05) is 13.1 Å². The van der Waals surface area contributed by atoms with Crippen molar-refractivity contribution in [1.29, 1.82) is 0 Å². The molecule has 1 heterocycles. The van der Waals surface area contributed by atoms with E-state index in [1.165, 1.54) is 58.0 Å². The molecule has 1 saturated carbocycles. The molecule has 2 fully saturated rings. The Kier molecular flexibility index (Phi) is 3.69. The maximum atomic E-state index is 3.49. The summed E-state index contributed by atoms with van der Waals surface area (Å²) in [4.78, 5) is 0. The SMILES string of the molecule is c1ccc(C2(CC3CCNCC3)CCCC2)cc1. The minimum atomic E-state index is 0.517. The monoisotopic (exact) mass is 243 g/mol. The van der Waals surface area contributed by atoms with E-state index < -0.39 is 0 Å². The van der Waals surface area contributed by atoms with Gasteiger partial charge in [-0.1, -0.05) is 43.2 Å². The Morgan fingerprint density at radius 2 is 1.67 bits per heavy atom. The van der Waals surface area contributed by atoms with Crippen LogP contribution >= 0.6 is 0 Å². The third-order valence-corrected chi connectivity index (χ3v) is 5.08. The largest absolute Gasteiger partial charge is 0.317 e. The zero-order valence-electron chi connectivity index (χ0n) is 11.3. The van der Waals surface area contributed by atoms with Gasteiger partial charge in [0.1, 0.15) is 0 Å². The Morgan fingerprint density at radius 1 is 1.00 bits per heavy atom. The van der Waals surface area contributed by atoms with Gasteiger partial charge in [-0.3, -0.25) is 0 Å². The summed E-state index contributed by atoms with van der Waals surface area (Å²) in [5.41, 5.74) is 2.13. The summed E-state index contributed by atoms with van der Waals surface area (Å²) in [7, 11) is 0. The van der Waals surface area contributed by atoms with Gasteiger partial charge < -0.3 is 5.32 Å². The van der Waals surface area contributed by atoms with Crippen LogP contribution in [0.5, 0.6) is 0 Å². The Hall–Kier alpha value is -0.820. The number of piperidine rings is 1. The molecule has 1 aliphatic carbocycles. The number of hydrogen-bond donors (Lipinski definition) is 1. The molecule has 98 valence electrons. The van der Waals surface area contributed by atoms with Crippen LogP contribution in [0.1, 0.15) is 50.5 Å². The van der Waals surface area contributed by atoms with E-state index in [-0.39, 0.29) is 0 Å². The number of hydrogen-bond acceptors (Lipinski definition) is 1. The first-order valence-electron chi connectivity index (χ1n) is 7.65. The molecule has 0 unspecified atom stereocenters. The molecule has 1 aliphatic heterocycles. The van der Waals surface area contributed by atoms with E-state index in [1.54, 1.807) is 5.56 Å². The van der Waals surface area contributed by atoms with E-state index >= 15 is 0 Å². The first-order chi connectivity index (χ1) is 8.89. The van der Waals surface area contributed by atoms with Gasteiger partial charge in [-0.15, -0.1) is 0 Å². The first-order valence-corrected chi connectivity index (χ1v) is 7.65. The van der Waals surface area contributed by atoms with E-state index in [4.69, 9.17) is 0 Å². The van der Waals surface area contributed by atoms with E-state index in [1.807, 2.05) is 0 Å². The summed E-state index contributed by atoms with van der Waals surface area (Å²) < 4.78 is 0. The van der Waals surface area contributed by atoms with Gasteiger partial charge in [-0.25, -0.2) is 0 Å². The average Bonchev–Trinajstić information content (AvgIpc) is 2.91. The second kappa shape index (κ2) is 5.44. The summed E-state index contributed by atoms with van der Waals surface area (Å²) in [6, 6.07) is 11.3. The van der Waals surface area contributed by atoms with Gasteiger partial charge in [-0.05, 0) is 62.1 Å². The van der Waals surface area contributed by atoms with Crippen molar-refractivity contribution < 1.29 is 0 Å². The second-order valence-electron chi connectivity index (χ2n) is 6.25. The number of nitrogens with one attached hydrogen (secondary N) is 1. The molecule has 0 spiro atoms. The molecule has 1 nitrogen and oxygen atoms in total. The summed E-state index contributed by atoms with van der Waals surface area (Å²) in [5, 5.41) is 3.49. The maximum absolute atomic E-state index is 3.49. The molecular weight excluding hydrogens is 218 g/mol. The van der Waals surface area contributed by atoms with Gasteiger partial charge in [0.15, 0.2) is 0 Å². The van der Waals surface area contributed by atoms with Gasteiger partial charge in [-0.2, -0.15) is 0 Å². The molecule has 1 aromatic carbocycles. The minimum absolute atomic E-state index is 0.517. The van der Waals surface area contributed by atoms with Crippen LogP contribution in [-0.2, 0) is 5.41 Å². The van der Waals surface area contributed by atoms with Crippen LogP contribution in [0.25, 0.3) is 0 Å². The predicted octanol–water partition coefficient (Wildman–Crippen LogP) is 3.89. The van der Waals surface area contributed by atoms with Crippen LogP contribution in [0.3, 0.4) is 0 Å². The van der Waals surface area contributed by atoms with E-state index in [0.717, 1.165) is 5.92 Å². The Bertz CT molecular complexity index is 358. The lowest BCUT2D eigenvalue weighted by atomic mass is 9.71.